The van der Waals surface area contributed by atoms with E-state index in [9.17, 15) is 9.90 Å². The third kappa shape index (κ3) is 4.43. The summed E-state index contributed by atoms with van der Waals surface area (Å²) in [5.41, 5.74) is 1.44. The van der Waals surface area contributed by atoms with Crippen molar-refractivity contribution in [2.45, 2.75) is 38.7 Å². The lowest BCUT2D eigenvalue weighted by atomic mass is 9.86. The highest BCUT2D eigenvalue weighted by Crippen LogP contribution is 2.32. The van der Waals surface area contributed by atoms with Crippen molar-refractivity contribution < 1.29 is 14.6 Å². The van der Waals surface area contributed by atoms with Gasteiger partial charge in [-0.15, -0.1) is 0 Å². The molecular formula is C19H20Cl2O3. The number of carboxylic acids is 1. The maximum atomic E-state index is 11.7. The van der Waals surface area contributed by atoms with E-state index in [1.165, 1.54) is 0 Å². The molecule has 1 atom stereocenters. The van der Waals surface area contributed by atoms with E-state index in [1.54, 1.807) is 24.3 Å². The van der Waals surface area contributed by atoms with Crippen LogP contribution in [-0.4, -0.2) is 17.2 Å². The average molecular weight is 367 g/mol. The van der Waals surface area contributed by atoms with E-state index in [1.807, 2.05) is 18.2 Å². The minimum absolute atomic E-state index is 0.132. The highest BCUT2D eigenvalue weighted by molar-refractivity contribution is 6.42. The Hall–Kier alpha value is -1.71. The van der Waals surface area contributed by atoms with Crippen LogP contribution in [-0.2, 0) is 16.6 Å². The minimum atomic E-state index is -1.05. The molecule has 0 amide bonds. The van der Waals surface area contributed by atoms with Crippen molar-refractivity contribution in [3.8, 4) is 5.75 Å². The Kier molecular flexibility index (Phi) is 5.79. The monoisotopic (exact) mass is 366 g/mol. The van der Waals surface area contributed by atoms with Gasteiger partial charge in [-0.25, -0.2) is 4.79 Å². The Morgan fingerprint density at radius 1 is 1.12 bits per heavy atom. The van der Waals surface area contributed by atoms with E-state index >= 15 is 0 Å². The van der Waals surface area contributed by atoms with Crippen LogP contribution in [0, 0.1) is 0 Å². The maximum Gasteiger partial charge on any atom is 0.345 e. The van der Waals surface area contributed by atoms with Crippen molar-refractivity contribution >= 4 is 29.2 Å². The Labute approximate surface area is 152 Å². The van der Waals surface area contributed by atoms with E-state index in [0.717, 1.165) is 5.56 Å². The van der Waals surface area contributed by atoms with Crippen molar-refractivity contribution in [1.82, 2.24) is 0 Å². The van der Waals surface area contributed by atoms with Gasteiger partial charge in [-0.2, -0.15) is 0 Å². The molecule has 0 fully saturated rings. The molecule has 0 bridgehead atoms. The summed E-state index contributed by atoms with van der Waals surface area (Å²) in [4.78, 5) is 11.7. The SMILES string of the molecule is CC(C)(C)c1ccccc1O[C@@H](Cc1cccc(Cl)c1Cl)C(=O)O. The third-order valence-corrected chi connectivity index (χ3v) is 4.53. The van der Waals surface area contributed by atoms with Gasteiger partial charge in [0.1, 0.15) is 5.75 Å². The topological polar surface area (TPSA) is 46.5 Å². The first-order valence-corrected chi connectivity index (χ1v) is 8.37. The summed E-state index contributed by atoms with van der Waals surface area (Å²) < 4.78 is 5.83. The first kappa shape index (κ1) is 18.6. The zero-order valence-electron chi connectivity index (χ0n) is 13.8. The molecule has 2 aromatic carbocycles. The van der Waals surface area contributed by atoms with Crippen LogP contribution >= 0.6 is 23.2 Å². The van der Waals surface area contributed by atoms with Gasteiger partial charge in [0.15, 0.2) is 6.10 Å². The fraction of sp³-hybridized carbons (Fsp3) is 0.316. The molecule has 0 aliphatic heterocycles. The number of hydrogen-bond acceptors (Lipinski definition) is 2. The molecule has 2 aromatic rings. The predicted octanol–water partition coefficient (Wildman–Crippen LogP) is 5.37. The van der Waals surface area contributed by atoms with Crippen LogP contribution in [0.3, 0.4) is 0 Å². The van der Waals surface area contributed by atoms with Crippen molar-refractivity contribution in [1.29, 1.82) is 0 Å². The first-order valence-electron chi connectivity index (χ1n) is 7.62. The molecule has 0 saturated carbocycles. The number of halogens is 2. The van der Waals surface area contributed by atoms with Crippen LogP contribution in [0.2, 0.25) is 10.0 Å². The second kappa shape index (κ2) is 7.45. The van der Waals surface area contributed by atoms with Gasteiger partial charge in [0, 0.05) is 6.42 Å². The molecule has 3 nitrogen and oxygen atoms in total. The molecule has 0 aromatic heterocycles. The quantitative estimate of drug-likeness (QED) is 0.773. The van der Waals surface area contributed by atoms with Gasteiger partial charge in [0.2, 0.25) is 0 Å². The Bertz CT molecular complexity index is 736. The van der Waals surface area contributed by atoms with E-state index in [4.69, 9.17) is 27.9 Å². The lowest BCUT2D eigenvalue weighted by Crippen LogP contribution is -2.30. The molecule has 0 spiro atoms. The summed E-state index contributed by atoms with van der Waals surface area (Å²) in [6.45, 7) is 6.16. The van der Waals surface area contributed by atoms with Crippen LogP contribution < -0.4 is 4.74 Å². The van der Waals surface area contributed by atoms with Crippen LogP contribution in [0.4, 0.5) is 0 Å². The fourth-order valence-corrected chi connectivity index (χ4v) is 2.82. The lowest BCUT2D eigenvalue weighted by molar-refractivity contribution is -0.145. The van der Waals surface area contributed by atoms with E-state index < -0.39 is 12.1 Å². The first-order chi connectivity index (χ1) is 11.2. The summed E-state index contributed by atoms with van der Waals surface area (Å²) >= 11 is 12.2. The summed E-state index contributed by atoms with van der Waals surface area (Å²) in [5.74, 6) is -0.481. The number of aliphatic carboxylic acids is 1. The largest absolute Gasteiger partial charge is 0.478 e. The molecule has 24 heavy (non-hydrogen) atoms. The standard InChI is InChI=1S/C19H20Cl2O3/c1-19(2,3)13-8-4-5-10-15(13)24-16(18(22)23)11-12-7-6-9-14(20)17(12)21/h4-10,16H,11H2,1-3H3,(H,22,23)/t16-/m0/s1. The molecule has 0 unspecified atom stereocenters. The summed E-state index contributed by atoms with van der Waals surface area (Å²) in [5, 5.41) is 10.3. The zero-order valence-corrected chi connectivity index (χ0v) is 15.4. The van der Waals surface area contributed by atoms with Gasteiger partial charge in [0.05, 0.1) is 10.0 Å². The third-order valence-electron chi connectivity index (χ3n) is 3.68. The number of carboxylic acid groups (broad SMARTS) is 1. The van der Waals surface area contributed by atoms with E-state index in [-0.39, 0.29) is 11.8 Å². The van der Waals surface area contributed by atoms with Gasteiger partial charge in [0.25, 0.3) is 0 Å². The maximum absolute atomic E-state index is 11.7. The zero-order chi connectivity index (χ0) is 17.9. The molecular weight excluding hydrogens is 347 g/mol. The lowest BCUT2D eigenvalue weighted by Gasteiger charge is -2.25. The highest BCUT2D eigenvalue weighted by atomic mass is 35.5. The molecule has 0 heterocycles. The average Bonchev–Trinajstić information content (AvgIpc) is 2.50. The Balaban J connectivity index is 2.31. The van der Waals surface area contributed by atoms with Crippen LogP contribution in [0.25, 0.3) is 0 Å². The van der Waals surface area contributed by atoms with Crippen LogP contribution in [0.1, 0.15) is 31.9 Å². The Morgan fingerprint density at radius 2 is 1.79 bits per heavy atom. The number of rotatable bonds is 5. The van der Waals surface area contributed by atoms with Gasteiger partial charge >= 0.3 is 5.97 Å². The highest BCUT2D eigenvalue weighted by Gasteiger charge is 2.25. The second-order valence-electron chi connectivity index (χ2n) is 6.61. The number of benzene rings is 2. The number of carbonyl (C=O) groups is 1. The summed E-state index contributed by atoms with van der Waals surface area (Å²) in [6, 6.07) is 12.6. The number of hydrogen-bond donors (Lipinski definition) is 1. The van der Waals surface area contributed by atoms with Gasteiger partial charge < -0.3 is 9.84 Å². The van der Waals surface area contributed by atoms with Crippen LogP contribution in [0.15, 0.2) is 42.5 Å². The summed E-state index contributed by atoms with van der Waals surface area (Å²) in [7, 11) is 0. The van der Waals surface area contributed by atoms with E-state index in [0.29, 0.717) is 21.4 Å². The predicted molar refractivity (Wildman–Crippen MR) is 97.4 cm³/mol. The van der Waals surface area contributed by atoms with Gasteiger partial charge in [-0.1, -0.05) is 74.3 Å². The molecule has 5 heteroatoms. The van der Waals surface area contributed by atoms with Crippen molar-refractivity contribution in [3.05, 3.63) is 63.6 Å². The smallest absolute Gasteiger partial charge is 0.345 e. The molecule has 128 valence electrons. The number of para-hydroxylation sites is 1. The minimum Gasteiger partial charge on any atom is -0.478 e. The molecule has 1 N–H and O–H groups in total. The normalized spacial score (nSPS) is 12.7. The molecule has 0 saturated heterocycles. The summed E-state index contributed by atoms with van der Waals surface area (Å²) in [6.07, 6.45) is -0.919. The molecule has 0 aliphatic rings. The number of ether oxygens (including phenoxy) is 1. The van der Waals surface area contributed by atoms with Crippen molar-refractivity contribution in [2.24, 2.45) is 0 Å². The van der Waals surface area contributed by atoms with Gasteiger partial charge in [-0.05, 0) is 28.7 Å². The fourth-order valence-electron chi connectivity index (χ4n) is 2.43. The molecule has 0 aliphatic carbocycles. The van der Waals surface area contributed by atoms with Crippen LogP contribution in [0.5, 0.6) is 5.75 Å². The molecule has 2 rings (SSSR count). The second-order valence-corrected chi connectivity index (χ2v) is 7.39. The molecule has 0 radical (unpaired) electrons. The van der Waals surface area contributed by atoms with E-state index in [2.05, 4.69) is 20.8 Å². The van der Waals surface area contributed by atoms with Crippen molar-refractivity contribution in [3.63, 3.8) is 0 Å². The van der Waals surface area contributed by atoms with Crippen molar-refractivity contribution in [2.75, 3.05) is 0 Å². The Morgan fingerprint density at radius 3 is 2.42 bits per heavy atom. The van der Waals surface area contributed by atoms with Gasteiger partial charge in [-0.3, -0.25) is 0 Å².